The van der Waals surface area contributed by atoms with Gasteiger partial charge in [-0.15, -0.1) is 0 Å². The van der Waals surface area contributed by atoms with Crippen molar-refractivity contribution in [3.8, 4) is 0 Å². The molecule has 0 saturated carbocycles. The van der Waals surface area contributed by atoms with E-state index in [4.69, 9.17) is 0 Å². The van der Waals surface area contributed by atoms with Crippen LogP contribution in [0.4, 0.5) is 0 Å². The average Bonchev–Trinajstić information content (AvgIpc) is 0. The second-order valence-corrected chi connectivity index (χ2v) is 0. The van der Waals surface area contributed by atoms with Crippen LogP contribution >= 0.6 is 0 Å². The van der Waals surface area contributed by atoms with Crippen molar-refractivity contribution in [3.05, 3.63) is 0 Å². The van der Waals surface area contributed by atoms with Gasteiger partial charge in [-0.1, -0.05) is 0 Å². The van der Waals surface area contributed by atoms with Crippen molar-refractivity contribution < 1.29 is 0 Å². The van der Waals surface area contributed by atoms with Crippen LogP contribution in [-0.4, -0.2) is 177 Å². The Morgan fingerprint density at radius 1 is 0.286 bits per heavy atom. The van der Waals surface area contributed by atoms with E-state index in [9.17, 15) is 0 Å². The van der Waals surface area contributed by atoms with Crippen molar-refractivity contribution in [2.75, 3.05) is 0 Å². The molecule has 0 aliphatic carbocycles. The Morgan fingerprint density at radius 3 is 0.286 bits per heavy atom. The van der Waals surface area contributed by atoms with Crippen molar-refractivity contribution >= 4 is 177 Å². The van der Waals surface area contributed by atoms with E-state index < -0.39 is 0 Å². The molecule has 3 radical (unpaired) electrons. The van der Waals surface area contributed by atoms with Gasteiger partial charge < -0.3 is 0 Å². The monoisotopic (exact) mass is 158 g/mol. The molecule has 0 bridgehead atoms. The fourth-order valence-electron chi connectivity index (χ4n) is 0. The molecule has 0 aromatic carbocycles. The predicted molar refractivity (Wildman–Crippen MR) is 45.0 cm³/mol. The van der Waals surface area contributed by atoms with Gasteiger partial charge in [-0.2, -0.15) is 0 Å². The minimum atomic E-state index is 0. The van der Waals surface area contributed by atoms with E-state index in [1.165, 1.54) is 0 Å². The molecule has 0 fully saturated rings. The summed E-state index contributed by atoms with van der Waals surface area (Å²) >= 11 is 0. The molecule has 0 saturated heterocycles. The van der Waals surface area contributed by atoms with E-state index >= 15 is 0 Å². The van der Waals surface area contributed by atoms with Gasteiger partial charge in [-0.3, -0.25) is 0 Å². The topological polar surface area (TPSA) is 30.5 Å². The summed E-state index contributed by atoms with van der Waals surface area (Å²) in [6, 6.07) is 0. The van der Waals surface area contributed by atoms with Gasteiger partial charge in [0.05, 0.1) is 0 Å². The molecule has 0 unspecified atom stereocenters. The normalized spacial score (nSPS) is 0. The Bertz CT molecular complexity index is 4.14. The molecular weight excluding hydrogens is 152 g/mol. The molecule has 7 heavy (non-hydrogen) atoms. The molecule has 0 aliphatic heterocycles. The fraction of sp³-hybridized carbons (Fsp3) is 0. The zero-order valence-electron chi connectivity index (χ0n) is 0.447. The number of hydrogen-bond acceptors (Lipinski definition) is 0. The molecule has 0 N–H and O–H groups in total. The third kappa shape index (κ3) is 33.4. The molecule has 0 aromatic rings. The molecule has 0 heterocycles. The van der Waals surface area contributed by atoms with Crippen molar-refractivity contribution in [1.82, 2.24) is 6.15 Å². The number of nitrogens with zero attached hydrogens (tertiary/aromatic N) is 1. The van der Waals surface area contributed by atoms with Gasteiger partial charge in [0, 0.05) is 6.15 Å². The van der Waals surface area contributed by atoms with E-state index in [0.717, 1.165) is 0 Å². The van der Waals surface area contributed by atoms with Crippen LogP contribution in [-0.2, 0) is 0 Å². The van der Waals surface area contributed by atoms with E-state index in [2.05, 4.69) is 0 Å². The second kappa shape index (κ2) is 40.4. The van der Waals surface area contributed by atoms with Gasteiger partial charge in [-0.25, -0.2) is 0 Å². The van der Waals surface area contributed by atoms with Gasteiger partial charge in [0.15, 0.2) is 0 Å². The summed E-state index contributed by atoms with van der Waals surface area (Å²) < 4.78 is 0. The van der Waals surface area contributed by atoms with Crippen LogP contribution in [0.15, 0.2) is 0 Å². The minimum absolute atomic E-state index is 0. The first-order chi connectivity index (χ1) is 0. The maximum atomic E-state index is 0. The van der Waals surface area contributed by atoms with Crippen LogP contribution in [0.5, 0.6) is 0 Å². The van der Waals surface area contributed by atoms with Gasteiger partial charge in [0.2, 0.25) is 0 Å². The van der Waals surface area contributed by atoms with Gasteiger partial charge in [-0.05, 0) is 0 Å². The molecule has 7 heteroatoms. The van der Waals surface area contributed by atoms with E-state index in [0.29, 0.717) is 0 Å². The first kappa shape index (κ1) is 52.2. The van der Waals surface area contributed by atoms with Crippen LogP contribution in [0.3, 0.4) is 0 Å². The SMILES string of the molecule is [N].[NaH].[NaH].[NaH].[NaH].[NaH].[NaH]. The Hall–Kier alpha value is 5.96. The Morgan fingerprint density at radius 2 is 0.286 bits per heavy atom. The van der Waals surface area contributed by atoms with Crippen LogP contribution < -0.4 is 6.15 Å². The third-order valence-corrected chi connectivity index (χ3v) is 0. The van der Waals surface area contributed by atoms with Gasteiger partial charge in [0.1, 0.15) is 0 Å². The quantitative estimate of drug-likeness (QED) is 0.319. The summed E-state index contributed by atoms with van der Waals surface area (Å²) in [5.41, 5.74) is 0. The zero-order valence-corrected chi connectivity index (χ0v) is 0.447. The summed E-state index contributed by atoms with van der Waals surface area (Å²) in [5.74, 6) is 0. The zero-order chi connectivity index (χ0) is 0. The molecule has 0 spiro atoms. The van der Waals surface area contributed by atoms with E-state index in [1.54, 1.807) is 0 Å². The van der Waals surface area contributed by atoms with Crippen molar-refractivity contribution in [1.29, 1.82) is 0 Å². The van der Waals surface area contributed by atoms with Gasteiger partial charge in [0.25, 0.3) is 0 Å². The molecule has 0 atom stereocenters. The van der Waals surface area contributed by atoms with Crippen molar-refractivity contribution in [3.63, 3.8) is 0 Å². The predicted octanol–water partition coefficient (Wildman–Crippen LogP) is -4.37. The van der Waals surface area contributed by atoms with Gasteiger partial charge >= 0.3 is 177 Å². The maximum absolute atomic E-state index is 0. The molecule has 0 aliphatic rings. The number of hydrogen-bond donors (Lipinski definition) is 0. The van der Waals surface area contributed by atoms with Crippen LogP contribution in [0.25, 0.3) is 0 Å². The number of rotatable bonds is 0. The first-order valence-corrected chi connectivity index (χ1v) is 0. The molecule has 0 rings (SSSR count). The summed E-state index contributed by atoms with van der Waals surface area (Å²) in [7, 11) is 0. The van der Waals surface area contributed by atoms with Crippen LogP contribution in [0.2, 0.25) is 0 Å². The summed E-state index contributed by atoms with van der Waals surface area (Å²) in [5, 5.41) is 0. The Kier molecular flexibility index (Phi) is 302. The first-order valence-electron chi connectivity index (χ1n) is 0. The van der Waals surface area contributed by atoms with E-state index in [-0.39, 0.29) is 183 Å². The Labute approximate surface area is 178 Å². The third-order valence-electron chi connectivity index (χ3n) is 0. The Balaban J connectivity index is 0. The molecule has 1 nitrogen and oxygen atoms in total. The van der Waals surface area contributed by atoms with Crippen LogP contribution in [0, 0.1) is 0 Å². The molecule has 0 aromatic heterocycles. The summed E-state index contributed by atoms with van der Waals surface area (Å²) in [4.78, 5) is 0. The average molecular weight is 158 g/mol. The second-order valence-electron chi connectivity index (χ2n) is 0. The molecular formula is H6NNa6. The molecule has 17 valence electrons. The standard InChI is InChI=1S/N.6Na.6H. The van der Waals surface area contributed by atoms with Crippen molar-refractivity contribution in [2.24, 2.45) is 0 Å². The van der Waals surface area contributed by atoms with Crippen LogP contribution in [0.1, 0.15) is 0 Å². The fourth-order valence-corrected chi connectivity index (χ4v) is 0. The summed E-state index contributed by atoms with van der Waals surface area (Å²) in [6.45, 7) is 0. The molecule has 0 amide bonds. The summed E-state index contributed by atoms with van der Waals surface area (Å²) in [6.07, 6.45) is 0. The van der Waals surface area contributed by atoms with E-state index in [1.807, 2.05) is 0 Å². The van der Waals surface area contributed by atoms with Crippen molar-refractivity contribution in [2.45, 2.75) is 0 Å².